The summed E-state index contributed by atoms with van der Waals surface area (Å²) in [5, 5.41) is 0. The topological polar surface area (TPSA) is 9.23 Å². The molecule has 0 N–H and O–H groups in total. The van der Waals surface area contributed by atoms with E-state index in [1.54, 1.807) is 12.1 Å². The molecular formula is C12H16BrFO. The van der Waals surface area contributed by atoms with Crippen molar-refractivity contribution in [1.29, 1.82) is 0 Å². The second kappa shape index (κ2) is 6.11. The van der Waals surface area contributed by atoms with E-state index in [4.69, 9.17) is 4.74 Å². The first-order valence-corrected chi connectivity index (χ1v) is 6.04. The Bertz CT molecular complexity index is 310. The van der Waals surface area contributed by atoms with Crippen LogP contribution in [0.4, 0.5) is 4.39 Å². The zero-order valence-corrected chi connectivity index (χ0v) is 10.7. The van der Waals surface area contributed by atoms with E-state index >= 15 is 0 Å². The second-order valence-electron chi connectivity index (χ2n) is 3.57. The van der Waals surface area contributed by atoms with Crippen LogP contribution in [0, 0.1) is 11.7 Å². The van der Waals surface area contributed by atoms with Crippen LogP contribution in [-0.2, 0) is 0 Å². The predicted molar refractivity (Wildman–Crippen MR) is 63.7 cm³/mol. The molecule has 84 valence electrons. The number of rotatable bonds is 5. The van der Waals surface area contributed by atoms with Crippen LogP contribution in [-0.4, -0.2) is 6.61 Å². The van der Waals surface area contributed by atoms with E-state index in [0.717, 1.165) is 18.6 Å². The maximum Gasteiger partial charge on any atom is 0.137 e. The summed E-state index contributed by atoms with van der Waals surface area (Å²) in [7, 11) is 0. The maximum absolute atomic E-state index is 12.9. The van der Waals surface area contributed by atoms with Crippen molar-refractivity contribution < 1.29 is 9.13 Å². The fraction of sp³-hybridized carbons (Fsp3) is 0.500. The molecule has 0 unspecified atom stereocenters. The van der Waals surface area contributed by atoms with E-state index in [9.17, 15) is 4.39 Å². The summed E-state index contributed by atoms with van der Waals surface area (Å²) < 4.78 is 19.0. The van der Waals surface area contributed by atoms with Gasteiger partial charge in [-0.1, -0.05) is 26.7 Å². The van der Waals surface area contributed by atoms with Gasteiger partial charge in [-0.25, -0.2) is 4.39 Å². The van der Waals surface area contributed by atoms with Gasteiger partial charge in [-0.2, -0.15) is 0 Å². The Labute approximate surface area is 98.8 Å². The lowest BCUT2D eigenvalue weighted by Gasteiger charge is -2.13. The van der Waals surface area contributed by atoms with Gasteiger partial charge in [-0.15, -0.1) is 0 Å². The minimum Gasteiger partial charge on any atom is -0.493 e. The number of halogens is 2. The molecule has 0 radical (unpaired) electrons. The van der Waals surface area contributed by atoms with E-state index < -0.39 is 0 Å². The molecule has 0 bridgehead atoms. The molecule has 0 heterocycles. The smallest absolute Gasteiger partial charge is 0.137 e. The molecule has 1 aromatic carbocycles. The number of hydrogen-bond acceptors (Lipinski definition) is 1. The van der Waals surface area contributed by atoms with Crippen molar-refractivity contribution in [1.82, 2.24) is 0 Å². The average Bonchev–Trinajstić information content (AvgIpc) is 2.24. The Morgan fingerprint density at radius 1 is 1.33 bits per heavy atom. The molecule has 1 rings (SSSR count). The zero-order valence-electron chi connectivity index (χ0n) is 9.09. The van der Waals surface area contributed by atoms with E-state index in [1.807, 2.05) is 0 Å². The molecule has 0 fully saturated rings. The number of ether oxygens (including phenoxy) is 1. The SMILES string of the molecule is CCC(CC)COc1ccc(F)c(Br)c1. The normalized spacial score (nSPS) is 10.7. The van der Waals surface area contributed by atoms with Gasteiger partial charge in [-0.3, -0.25) is 0 Å². The molecule has 0 aliphatic heterocycles. The summed E-state index contributed by atoms with van der Waals surface area (Å²) in [6, 6.07) is 4.73. The third-order valence-corrected chi connectivity index (χ3v) is 3.14. The molecule has 3 heteroatoms. The van der Waals surface area contributed by atoms with Gasteiger partial charge in [0.05, 0.1) is 11.1 Å². The lowest BCUT2D eigenvalue weighted by molar-refractivity contribution is 0.240. The largest absolute Gasteiger partial charge is 0.493 e. The van der Waals surface area contributed by atoms with Gasteiger partial charge < -0.3 is 4.74 Å². The average molecular weight is 275 g/mol. The predicted octanol–water partition coefficient (Wildman–Crippen LogP) is 4.40. The van der Waals surface area contributed by atoms with Crippen molar-refractivity contribution in [3.05, 3.63) is 28.5 Å². The van der Waals surface area contributed by atoms with Crippen LogP contribution in [0.3, 0.4) is 0 Å². The highest BCUT2D eigenvalue weighted by Crippen LogP contribution is 2.22. The van der Waals surface area contributed by atoms with E-state index in [1.165, 1.54) is 6.07 Å². The summed E-state index contributed by atoms with van der Waals surface area (Å²) in [6.07, 6.45) is 2.22. The van der Waals surface area contributed by atoms with Crippen molar-refractivity contribution in [2.24, 2.45) is 5.92 Å². The molecule has 0 aliphatic carbocycles. The van der Waals surface area contributed by atoms with Crippen LogP contribution >= 0.6 is 15.9 Å². The Morgan fingerprint density at radius 2 is 2.00 bits per heavy atom. The van der Waals surface area contributed by atoms with Gasteiger partial charge in [0.15, 0.2) is 0 Å². The minimum atomic E-state index is -0.259. The van der Waals surface area contributed by atoms with Crippen molar-refractivity contribution in [3.63, 3.8) is 0 Å². The quantitative estimate of drug-likeness (QED) is 0.773. The fourth-order valence-electron chi connectivity index (χ4n) is 1.31. The highest BCUT2D eigenvalue weighted by atomic mass is 79.9. The van der Waals surface area contributed by atoms with Crippen molar-refractivity contribution in [3.8, 4) is 5.75 Å². The van der Waals surface area contributed by atoms with Gasteiger partial charge >= 0.3 is 0 Å². The molecule has 0 aliphatic rings. The van der Waals surface area contributed by atoms with Crippen LogP contribution in [0.25, 0.3) is 0 Å². The number of benzene rings is 1. The summed E-state index contributed by atoms with van der Waals surface area (Å²) in [5.74, 6) is 1.04. The zero-order chi connectivity index (χ0) is 11.3. The first kappa shape index (κ1) is 12.5. The van der Waals surface area contributed by atoms with Gasteiger partial charge in [0.1, 0.15) is 11.6 Å². The molecule has 0 atom stereocenters. The standard InChI is InChI=1S/C12H16BrFO/c1-3-9(4-2)8-15-10-5-6-12(14)11(13)7-10/h5-7,9H,3-4,8H2,1-2H3. The van der Waals surface area contributed by atoms with E-state index in [0.29, 0.717) is 17.0 Å². The first-order valence-electron chi connectivity index (χ1n) is 5.25. The molecule has 1 aromatic rings. The monoisotopic (exact) mass is 274 g/mol. The maximum atomic E-state index is 12.9. The van der Waals surface area contributed by atoms with Crippen LogP contribution in [0.1, 0.15) is 26.7 Å². The Kier molecular flexibility index (Phi) is 5.09. The molecule has 0 saturated heterocycles. The van der Waals surface area contributed by atoms with Gasteiger partial charge in [0.2, 0.25) is 0 Å². The molecular weight excluding hydrogens is 259 g/mol. The minimum absolute atomic E-state index is 0.259. The first-order chi connectivity index (χ1) is 7.17. The van der Waals surface area contributed by atoms with Gasteiger partial charge in [-0.05, 0) is 40.0 Å². The molecule has 0 aromatic heterocycles. The Balaban J connectivity index is 2.54. The van der Waals surface area contributed by atoms with Crippen LogP contribution in [0.2, 0.25) is 0 Å². The molecule has 0 saturated carbocycles. The second-order valence-corrected chi connectivity index (χ2v) is 4.42. The summed E-state index contributed by atoms with van der Waals surface area (Å²) in [4.78, 5) is 0. The molecule has 1 nitrogen and oxygen atoms in total. The lowest BCUT2D eigenvalue weighted by Crippen LogP contribution is -2.10. The van der Waals surface area contributed by atoms with Crippen LogP contribution in [0.15, 0.2) is 22.7 Å². The van der Waals surface area contributed by atoms with Crippen molar-refractivity contribution in [2.75, 3.05) is 6.61 Å². The highest BCUT2D eigenvalue weighted by Gasteiger charge is 2.05. The Morgan fingerprint density at radius 3 is 2.53 bits per heavy atom. The van der Waals surface area contributed by atoms with E-state index in [-0.39, 0.29) is 5.82 Å². The Hall–Kier alpha value is -0.570. The van der Waals surface area contributed by atoms with Gasteiger partial charge in [0, 0.05) is 0 Å². The summed E-state index contributed by atoms with van der Waals surface area (Å²) in [5.41, 5.74) is 0. The van der Waals surface area contributed by atoms with Crippen LogP contribution < -0.4 is 4.74 Å². The summed E-state index contributed by atoms with van der Waals surface area (Å²) in [6.45, 7) is 5.00. The van der Waals surface area contributed by atoms with Crippen LogP contribution in [0.5, 0.6) is 5.75 Å². The molecule has 15 heavy (non-hydrogen) atoms. The third kappa shape index (κ3) is 3.82. The van der Waals surface area contributed by atoms with Crippen molar-refractivity contribution in [2.45, 2.75) is 26.7 Å². The molecule has 0 spiro atoms. The highest BCUT2D eigenvalue weighted by molar-refractivity contribution is 9.10. The van der Waals surface area contributed by atoms with E-state index in [2.05, 4.69) is 29.8 Å². The lowest BCUT2D eigenvalue weighted by atomic mass is 10.1. The fourth-order valence-corrected chi connectivity index (χ4v) is 1.66. The van der Waals surface area contributed by atoms with Gasteiger partial charge in [0.25, 0.3) is 0 Å². The third-order valence-electron chi connectivity index (χ3n) is 2.53. The van der Waals surface area contributed by atoms with Crippen molar-refractivity contribution >= 4 is 15.9 Å². The number of hydrogen-bond donors (Lipinski definition) is 0. The summed E-state index contributed by atoms with van der Waals surface area (Å²) >= 11 is 3.13. The molecule has 0 amide bonds.